The number of amides is 1. The fraction of sp³-hybridized carbons (Fsp3) is 0.167. The number of ether oxygens (including phenoxy) is 1. The summed E-state index contributed by atoms with van der Waals surface area (Å²) in [6, 6.07) is 15.0. The molecule has 3 aromatic rings. The smallest absolute Gasteiger partial charge is 0.316 e. The molecule has 0 atom stereocenters. The van der Waals surface area contributed by atoms with Crippen LogP contribution in [-0.4, -0.2) is 29.2 Å². The number of carbonyl (C=O) groups is 2. The number of aromatic nitrogens is 1. The third kappa shape index (κ3) is 5.45. The number of rotatable bonds is 7. The number of carbonyl (C=O) groups excluding carboxylic acids is 2. The molecule has 0 unspecified atom stereocenters. The lowest BCUT2D eigenvalue weighted by atomic mass is 10.2. The Morgan fingerprint density at radius 1 is 1.19 bits per heavy atom. The molecule has 0 aliphatic rings. The number of thiazole rings is 1. The summed E-state index contributed by atoms with van der Waals surface area (Å²) < 4.78 is 6.86. The van der Waals surface area contributed by atoms with Crippen LogP contribution in [0.3, 0.4) is 0 Å². The second-order valence-corrected chi connectivity index (χ2v) is 7.99. The maximum absolute atomic E-state index is 11.8. The quantitative estimate of drug-likeness (QED) is 0.476. The van der Waals surface area contributed by atoms with Gasteiger partial charge in [-0.2, -0.15) is 0 Å². The van der Waals surface area contributed by atoms with Crippen molar-refractivity contribution in [2.45, 2.75) is 10.9 Å². The molecule has 0 spiro atoms. The van der Waals surface area contributed by atoms with E-state index in [1.54, 1.807) is 12.1 Å². The Bertz CT molecular complexity index is 896. The number of halogens is 1. The molecular weight excluding hydrogens is 392 g/mol. The predicted molar refractivity (Wildman–Crippen MR) is 105 cm³/mol. The van der Waals surface area contributed by atoms with Gasteiger partial charge >= 0.3 is 5.97 Å². The van der Waals surface area contributed by atoms with Crippen molar-refractivity contribution < 1.29 is 14.3 Å². The highest BCUT2D eigenvalue weighted by Crippen LogP contribution is 2.29. The van der Waals surface area contributed by atoms with Crippen LogP contribution in [0, 0.1) is 0 Å². The fourth-order valence-electron chi connectivity index (χ4n) is 2.12. The van der Waals surface area contributed by atoms with Gasteiger partial charge in [0.15, 0.2) is 10.9 Å². The van der Waals surface area contributed by atoms with Gasteiger partial charge in [0, 0.05) is 11.6 Å². The molecule has 0 bridgehead atoms. The number of nitrogens with zero attached hydrogens (tertiary/aromatic N) is 1. The Labute approximate surface area is 163 Å². The molecule has 8 heteroatoms. The predicted octanol–water partition coefficient (Wildman–Crippen LogP) is 3.90. The molecule has 5 nitrogen and oxygen atoms in total. The standard InChI is InChI=1S/C18H15ClN2O3S2/c19-13-5-3-4-12(8-13)9-20-16(22)10-24-17(23)11-25-18-21-14-6-1-2-7-15(14)26-18/h1-8H,9-11H2,(H,20,22). The summed E-state index contributed by atoms with van der Waals surface area (Å²) in [6.07, 6.45) is 0. The molecule has 3 rings (SSSR count). The normalized spacial score (nSPS) is 10.7. The first kappa shape index (κ1) is 18.7. The van der Waals surface area contributed by atoms with E-state index in [1.165, 1.54) is 23.1 Å². The molecular formula is C18H15ClN2O3S2. The number of hydrogen-bond donors (Lipinski definition) is 1. The van der Waals surface area contributed by atoms with Gasteiger partial charge in [-0.3, -0.25) is 9.59 Å². The average molecular weight is 407 g/mol. The monoisotopic (exact) mass is 406 g/mol. The zero-order chi connectivity index (χ0) is 18.4. The fourth-order valence-corrected chi connectivity index (χ4v) is 4.20. The molecule has 1 amide bonds. The molecule has 0 radical (unpaired) electrons. The van der Waals surface area contributed by atoms with Gasteiger partial charge in [-0.1, -0.05) is 47.6 Å². The van der Waals surface area contributed by atoms with Gasteiger partial charge in [-0.05, 0) is 29.8 Å². The maximum Gasteiger partial charge on any atom is 0.316 e. The van der Waals surface area contributed by atoms with Crippen LogP contribution in [-0.2, 0) is 20.9 Å². The Balaban J connectivity index is 1.38. The average Bonchev–Trinajstić information content (AvgIpc) is 3.06. The third-order valence-electron chi connectivity index (χ3n) is 3.33. The van der Waals surface area contributed by atoms with E-state index in [0.717, 1.165) is 20.1 Å². The molecule has 0 fully saturated rings. The van der Waals surface area contributed by atoms with E-state index in [9.17, 15) is 9.59 Å². The van der Waals surface area contributed by atoms with Gasteiger partial charge in [0.1, 0.15) is 0 Å². The van der Waals surface area contributed by atoms with E-state index in [-0.39, 0.29) is 18.3 Å². The largest absolute Gasteiger partial charge is 0.455 e. The van der Waals surface area contributed by atoms with E-state index in [0.29, 0.717) is 11.6 Å². The second-order valence-electron chi connectivity index (χ2n) is 5.30. The lowest BCUT2D eigenvalue weighted by Crippen LogP contribution is -2.28. The third-order valence-corrected chi connectivity index (χ3v) is 5.72. The van der Waals surface area contributed by atoms with Crippen LogP contribution in [0.5, 0.6) is 0 Å². The molecule has 1 aromatic heterocycles. The highest BCUT2D eigenvalue weighted by molar-refractivity contribution is 8.01. The molecule has 26 heavy (non-hydrogen) atoms. The number of fused-ring (bicyclic) bond motifs is 1. The molecule has 0 saturated carbocycles. The van der Waals surface area contributed by atoms with Crippen molar-refractivity contribution >= 4 is 56.8 Å². The SMILES string of the molecule is O=C(COC(=O)CSc1nc2ccccc2s1)NCc1cccc(Cl)c1. The van der Waals surface area contributed by atoms with Gasteiger partial charge in [0.05, 0.1) is 16.0 Å². The van der Waals surface area contributed by atoms with Crippen LogP contribution < -0.4 is 5.32 Å². The Morgan fingerprint density at radius 3 is 2.85 bits per heavy atom. The van der Waals surface area contributed by atoms with Crippen molar-refractivity contribution in [1.29, 1.82) is 0 Å². The van der Waals surface area contributed by atoms with Gasteiger partial charge in [-0.25, -0.2) is 4.98 Å². The van der Waals surface area contributed by atoms with E-state index >= 15 is 0 Å². The number of benzene rings is 2. The topological polar surface area (TPSA) is 68.3 Å². The summed E-state index contributed by atoms with van der Waals surface area (Å²) in [4.78, 5) is 28.0. The van der Waals surface area contributed by atoms with Crippen molar-refractivity contribution in [3.05, 3.63) is 59.1 Å². The van der Waals surface area contributed by atoms with Crippen molar-refractivity contribution in [3.8, 4) is 0 Å². The number of esters is 1. The summed E-state index contributed by atoms with van der Waals surface area (Å²) in [7, 11) is 0. The highest BCUT2D eigenvalue weighted by atomic mass is 35.5. The number of hydrogen-bond acceptors (Lipinski definition) is 6. The Hall–Kier alpha value is -2.09. The Kier molecular flexibility index (Phi) is 6.49. The Morgan fingerprint density at radius 2 is 2.04 bits per heavy atom. The summed E-state index contributed by atoms with van der Waals surface area (Å²) in [5, 5.41) is 3.29. The van der Waals surface area contributed by atoms with E-state index < -0.39 is 5.97 Å². The van der Waals surface area contributed by atoms with Gasteiger partial charge in [0.2, 0.25) is 0 Å². The molecule has 0 saturated heterocycles. The zero-order valence-corrected chi connectivity index (χ0v) is 16.0. The van der Waals surface area contributed by atoms with Crippen LogP contribution >= 0.6 is 34.7 Å². The van der Waals surface area contributed by atoms with Crippen LogP contribution in [0.15, 0.2) is 52.9 Å². The van der Waals surface area contributed by atoms with Crippen molar-refractivity contribution in [2.75, 3.05) is 12.4 Å². The first-order valence-corrected chi connectivity index (χ1v) is 9.93. The van der Waals surface area contributed by atoms with Gasteiger partial charge in [-0.15, -0.1) is 11.3 Å². The van der Waals surface area contributed by atoms with Crippen molar-refractivity contribution in [2.24, 2.45) is 0 Å². The number of para-hydroxylation sites is 1. The summed E-state index contributed by atoms with van der Waals surface area (Å²) in [5.74, 6) is -0.697. The first-order valence-electron chi connectivity index (χ1n) is 7.75. The minimum atomic E-state index is -0.452. The lowest BCUT2D eigenvalue weighted by Gasteiger charge is -2.06. The van der Waals surface area contributed by atoms with Crippen molar-refractivity contribution in [1.82, 2.24) is 10.3 Å². The number of thioether (sulfide) groups is 1. The van der Waals surface area contributed by atoms with E-state index in [1.807, 2.05) is 36.4 Å². The molecule has 0 aliphatic heterocycles. The van der Waals surface area contributed by atoms with Gasteiger partial charge < -0.3 is 10.1 Å². The highest BCUT2D eigenvalue weighted by Gasteiger charge is 2.10. The lowest BCUT2D eigenvalue weighted by molar-refractivity contribution is -0.145. The van der Waals surface area contributed by atoms with Crippen LogP contribution in [0.1, 0.15) is 5.56 Å². The van der Waals surface area contributed by atoms with Crippen LogP contribution in [0.2, 0.25) is 5.02 Å². The molecule has 1 N–H and O–H groups in total. The molecule has 0 aliphatic carbocycles. The maximum atomic E-state index is 11.8. The van der Waals surface area contributed by atoms with E-state index in [4.69, 9.17) is 16.3 Å². The van der Waals surface area contributed by atoms with Gasteiger partial charge in [0.25, 0.3) is 5.91 Å². The molecule has 2 aromatic carbocycles. The summed E-state index contributed by atoms with van der Waals surface area (Å²) in [5.41, 5.74) is 1.79. The van der Waals surface area contributed by atoms with E-state index in [2.05, 4.69) is 10.3 Å². The second kappa shape index (κ2) is 9.02. The number of nitrogens with one attached hydrogen (secondary N) is 1. The molecule has 134 valence electrons. The minimum absolute atomic E-state index is 0.112. The first-order chi connectivity index (χ1) is 12.6. The minimum Gasteiger partial charge on any atom is -0.455 e. The van der Waals surface area contributed by atoms with Crippen LogP contribution in [0.4, 0.5) is 0 Å². The summed E-state index contributed by atoms with van der Waals surface area (Å²) in [6.45, 7) is 0.0250. The van der Waals surface area contributed by atoms with Crippen molar-refractivity contribution in [3.63, 3.8) is 0 Å². The van der Waals surface area contributed by atoms with Crippen LogP contribution in [0.25, 0.3) is 10.2 Å². The molecule has 1 heterocycles. The zero-order valence-electron chi connectivity index (χ0n) is 13.6. The summed E-state index contributed by atoms with van der Waals surface area (Å²) >= 11 is 8.71.